The minimum atomic E-state index is -0.936. The van der Waals surface area contributed by atoms with E-state index in [9.17, 15) is 9.90 Å². The molecule has 0 amide bonds. The number of hydrogen-bond donors (Lipinski definition) is 1. The quantitative estimate of drug-likeness (QED) is 0.921. The summed E-state index contributed by atoms with van der Waals surface area (Å²) in [6.45, 7) is 2.59. The molecule has 20 heavy (non-hydrogen) atoms. The van der Waals surface area contributed by atoms with Crippen molar-refractivity contribution in [1.29, 1.82) is 0 Å². The minimum absolute atomic E-state index is 0.0109. The Morgan fingerprint density at radius 1 is 1.45 bits per heavy atom. The molecule has 1 aromatic carbocycles. The van der Waals surface area contributed by atoms with Crippen LogP contribution in [0.4, 0.5) is 0 Å². The van der Waals surface area contributed by atoms with Crippen molar-refractivity contribution in [3.8, 4) is 5.75 Å². The monoisotopic (exact) mass is 276 g/mol. The maximum absolute atomic E-state index is 11.3. The molecular weight excluding hydrogens is 256 g/mol. The first-order chi connectivity index (χ1) is 9.58. The van der Waals surface area contributed by atoms with Crippen LogP contribution in [0.2, 0.25) is 0 Å². The van der Waals surface area contributed by atoms with Crippen LogP contribution in [0.1, 0.15) is 48.0 Å². The molecule has 3 rings (SSSR count). The van der Waals surface area contributed by atoms with E-state index in [2.05, 4.69) is 0 Å². The zero-order chi connectivity index (χ0) is 14.2. The number of benzene rings is 1. The number of carboxylic acid groups (broad SMARTS) is 1. The Morgan fingerprint density at radius 3 is 2.90 bits per heavy atom. The fourth-order valence-corrected chi connectivity index (χ4v) is 3.10. The zero-order valence-corrected chi connectivity index (χ0v) is 11.7. The van der Waals surface area contributed by atoms with Crippen molar-refractivity contribution in [2.45, 2.75) is 50.7 Å². The van der Waals surface area contributed by atoms with Crippen LogP contribution in [-0.4, -0.2) is 29.4 Å². The Balaban J connectivity index is 1.75. The van der Waals surface area contributed by atoms with E-state index in [1.165, 1.54) is 6.42 Å². The minimum Gasteiger partial charge on any atom is -0.489 e. The molecule has 2 fully saturated rings. The van der Waals surface area contributed by atoms with Crippen molar-refractivity contribution >= 4 is 5.97 Å². The zero-order valence-electron chi connectivity index (χ0n) is 11.7. The van der Waals surface area contributed by atoms with Gasteiger partial charge in [0.05, 0.1) is 12.2 Å². The van der Waals surface area contributed by atoms with Gasteiger partial charge in [-0.05, 0) is 38.3 Å². The first kappa shape index (κ1) is 13.4. The Morgan fingerprint density at radius 2 is 2.25 bits per heavy atom. The van der Waals surface area contributed by atoms with Gasteiger partial charge in [0.1, 0.15) is 17.4 Å². The molecule has 1 unspecified atom stereocenters. The molecule has 1 aromatic rings. The summed E-state index contributed by atoms with van der Waals surface area (Å²) in [5, 5.41) is 9.27. The van der Waals surface area contributed by atoms with Gasteiger partial charge in [0.15, 0.2) is 0 Å². The van der Waals surface area contributed by atoms with Gasteiger partial charge < -0.3 is 14.6 Å². The molecule has 1 atom stereocenters. The third kappa shape index (κ3) is 2.52. The van der Waals surface area contributed by atoms with E-state index in [1.807, 2.05) is 13.0 Å². The van der Waals surface area contributed by atoms with Crippen LogP contribution < -0.4 is 4.74 Å². The molecule has 0 radical (unpaired) electrons. The van der Waals surface area contributed by atoms with Gasteiger partial charge in [0.2, 0.25) is 0 Å². The highest BCUT2D eigenvalue weighted by Crippen LogP contribution is 2.43. The van der Waals surface area contributed by atoms with Crippen LogP contribution in [0.15, 0.2) is 18.2 Å². The molecule has 1 spiro atoms. The van der Waals surface area contributed by atoms with Crippen LogP contribution in [0.3, 0.4) is 0 Å². The van der Waals surface area contributed by atoms with E-state index in [0.29, 0.717) is 12.4 Å². The van der Waals surface area contributed by atoms with Crippen LogP contribution in [0, 0.1) is 6.92 Å². The van der Waals surface area contributed by atoms with E-state index in [0.717, 1.165) is 31.2 Å². The number of carbonyl (C=O) groups is 1. The van der Waals surface area contributed by atoms with Crippen LogP contribution >= 0.6 is 0 Å². The lowest BCUT2D eigenvalue weighted by atomic mass is 9.74. The molecule has 1 saturated carbocycles. The topological polar surface area (TPSA) is 55.8 Å². The largest absolute Gasteiger partial charge is 0.489 e. The van der Waals surface area contributed by atoms with Gasteiger partial charge >= 0.3 is 5.97 Å². The van der Waals surface area contributed by atoms with E-state index in [1.54, 1.807) is 12.1 Å². The van der Waals surface area contributed by atoms with Crippen LogP contribution in [0.25, 0.3) is 0 Å². The first-order valence-electron chi connectivity index (χ1n) is 7.23. The van der Waals surface area contributed by atoms with E-state index in [-0.39, 0.29) is 17.3 Å². The Hall–Kier alpha value is -1.55. The number of rotatable bonds is 3. The van der Waals surface area contributed by atoms with Gasteiger partial charge in [0, 0.05) is 12.8 Å². The number of aryl methyl sites for hydroxylation is 1. The van der Waals surface area contributed by atoms with Gasteiger partial charge in [0.25, 0.3) is 0 Å². The predicted molar refractivity (Wildman–Crippen MR) is 74.3 cm³/mol. The molecular formula is C16H20O4. The molecule has 1 heterocycles. The van der Waals surface area contributed by atoms with Crippen molar-refractivity contribution in [3.05, 3.63) is 29.3 Å². The molecule has 2 aliphatic rings. The summed E-state index contributed by atoms with van der Waals surface area (Å²) in [5.41, 5.74) is 1.19. The second-order valence-electron chi connectivity index (χ2n) is 5.92. The summed E-state index contributed by atoms with van der Waals surface area (Å²) >= 11 is 0. The fourth-order valence-electron chi connectivity index (χ4n) is 3.10. The van der Waals surface area contributed by atoms with E-state index >= 15 is 0 Å². The van der Waals surface area contributed by atoms with Gasteiger partial charge in [-0.1, -0.05) is 11.6 Å². The van der Waals surface area contributed by atoms with Gasteiger partial charge in [-0.25, -0.2) is 4.79 Å². The number of ether oxygens (including phenoxy) is 2. The summed E-state index contributed by atoms with van der Waals surface area (Å²) in [6, 6.07) is 5.32. The third-order valence-corrected chi connectivity index (χ3v) is 4.37. The fraction of sp³-hybridized carbons (Fsp3) is 0.562. The number of hydrogen-bond acceptors (Lipinski definition) is 3. The normalized spacial score (nSPS) is 24.1. The lowest BCUT2D eigenvalue weighted by molar-refractivity contribution is -0.153. The highest BCUT2D eigenvalue weighted by atomic mass is 16.5. The lowest BCUT2D eigenvalue weighted by Gasteiger charge is -2.46. The van der Waals surface area contributed by atoms with Crippen molar-refractivity contribution in [2.75, 3.05) is 6.61 Å². The third-order valence-electron chi connectivity index (χ3n) is 4.37. The molecule has 0 bridgehead atoms. The summed E-state index contributed by atoms with van der Waals surface area (Å²) in [6.07, 6.45) is 5.19. The van der Waals surface area contributed by atoms with Crippen LogP contribution in [0.5, 0.6) is 5.75 Å². The Bertz CT molecular complexity index is 519. The molecule has 0 aromatic heterocycles. The molecule has 4 heteroatoms. The molecule has 108 valence electrons. The average molecular weight is 276 g/mol. The summed E-state index contributed by atoms with van der Waals surface area (Å²) in [4.78, 5) is 11.3. The SMILES string of the molecule is Cc1ccc(OC2CCOC3(CCC3)C2)c(C(=O)O)c1. The average Bonchev–Trinajstić information content (AvgIpc) is 2.39. The summed E-state index contributed by atoms with van der Waals surface area (Å²) in [5.74, 6) is -0.460. The highest BCUT2D eigenvalue weighted by molar-refractivity contribution is 5.91. The summed E-state index contributed by atoms with van der Waals surface area (Å²) < 4.78 is 11.8. The number of aromatic carboxylic acids is 1. The molecule has 1 aliphatic heterocycles. The molecule has 1 N–H and O–H groups in total. The Kier molecular flexibility index (Phi) is 3.42. The molecule has 1 saturated heterocycles. The second kappa shape index (κ2) is 5.09. The highest BCUT2D eigenvalue weighted by Gasteiger charge is 2.43. The Labute approximate surface area is 118 Å². The second-order valence-corrected chi connectivity index (χ2v) is 5.92. The van der Waals surface area contributed by atoms with Crippen molar-refractivity contribution < 1.29 is 19.4 Å². The van der Waals surface area contributed by atoms with Crippen LogP contribution in [-0.2, 0) is 4.74 Å². The maximum atomic E-state index is 11.3. The first-order valence-corrected chi connectivity index (χ1v) is 7.23. The van der Waals surface area contributed by atoms with Crippen molar-refractivity contribution in [2.24, 2.45) is 0 Å². The molecule has 1 aliphatic carbocycles. The van der Waals surface area contributed by atoms with E-state index < -0.39 is 5.97 Å². The smallest absolute Gasteiger partial charge is 0.339 e. The molecule has 4 nitrogen and oxygen atoms in total. The van der Waals surface area contributed by atoms with E-state index in [4.69, 9.17) is 9.47 Å². The lowest BCUT2D eigenvalue weighted by Crippen LogP contribution is -2.48. The van der Waals surface area contributed by atoms with Crippen molar-refractivity contribution in [1.82, 2.24) is 0 Å². The van der Waals surface area contributed by atoms with Gasteiger partial charge in [-0.2, -0.15) is 0 Å². The number of carboxylic acids is 1. The predicted octanol–water partition coefficient (Wildman–Crippen LogP) is 3.17. The van der Waals surface area contributed by atoms with Crippen molar-refractivity contribution in [3.63, 3.8) is 0 Å². The summed E-state index contributed by atoms with van der Waals surface area (Å²) in [7, 11) is 0. The maximum Gasteiger partial charge on any atom is 0.339 e. The standard InChI is InChI=1S/C16H20O4/c1-11-3-4-14(13(9-11)15(17)18)20-12-5-8-19-16(10-12)6-2-7-16/h3-4,9,12H,2,5-8,10H2,1H3,(H,17,18). The van der Waals surface area contributed by atoms with Gasteiger partial charge in [-0.3, -0.25) is 0 Å². The van der Waals surface area contributed by atoms with Gasteiger partial charge in [-0.15, -0.1) is 0 Å².